The van der Waals surface area contributed by atoms with Crippen LogP contribution in [0.15, 0.2) is 0 Å². The summed E-state index contributed by atoms with van der Waals surface area (Å²) >= 11 is 0. The smallest absolute Gasteiger partial charge is 0.208 e. The van der Waals surface area contributed by atoms with Gasteiger partial charge < -0.3 is 0 Å². The maximum Gasteiger partial charge on any atom is 0.208 e. The fraction of sp³-hybridized carbons (Fsp3) is 1.00. The summed E-state index contributed by atoms with van der Waals surface area (Å²) in [6, 6.07) is 0.0694. The molecule has 96 valence electrons. The Kier molecular flexibility index (Phi) is 18.9. The molecule has 15 heavy (non-hydrogen) atoms. The second kappa shape index (κ2) is 13.9. The van der Waals surface area contributed by atoms with Gasteiger partial charge in [-0.2, -0.15) is 0 Å². The van der Waals surface area contributed by atoms with E-state index in [0.29, 0.717) is 0 Å². The Morgan fingerprint density at radius 1 is 1.13 bits per heavy atom. The van der Waals surface area contributed by atoms with E-state index in [0.717, 1.165) is 12.8 Å². The summed E-state index contributed by atoms with van der Waals surface area (Å²) in [6.07, 6.45) is 4.33. The van der Waals surface area contributed by atoms with Gasteiger partial charge in [0.25, 0.3) is 0 Å². The first-order valence-electron chi connectivity index (χ1n) is 5.84. The van der Waals surface area contributed by atoms with Crippen molar-refractivity contribution in [1.82, 2.24) is 4.72 Å². The lowest BCUT2D eigenvalue weighted by Gasteiger charge is -2.09. The average molecular weight is 239 g/mol. The van der Waals surface area contributed by atoms with Gasteiger partial charge in [0.05, 0.1) is 6.26 Å². The van der Waals surface area contributed by atoms with Gasteiger partial charge in [-0.25, -0.2) is 13.1 Å². The van der Waals surface area contributed by atoms with Gasteiger partial charge in [0, 0.05) is 6.04 Å². The number of sulfonamides is 1. The first-order chi connectivity index (χ1) is 6.87. The van der Waals surface area contributed by atoms with Crippen LogP contribution in [0, 0.1) is 0 Å². The van der Waals surface area contributed by atoms with Crippen molar-refractivity contribution in [3.05, 3.63) is 0 Å². The number of hydrogen-bond acceptors (Lipinski definition) is 2. The molecule has 0 fully saturated rings. The van der Waals surface area contributed by atoms with Gasteiger partial charge in [-0.15, -0.1) is 0 Å². The third-order valence-electron chi connectivity index (χ3n) is 1.14. The SMILES string of the molecule is CC.CCC.CCCC(C)NS(C)(=O)=O. The van der Waals surface area contributed by atoms with E-state index in [2.05, 4.69) is 18.6 Å². The van der Waals surface area contributed by atoms with Gasteiger partial charge in [-0.1, -0.05) is 47.5 Å². The highest BCUT2D eigenvalue weighted by Crippen LogP contribution is 1.95. The van der Waals surface area contributed by atoms with E-state index in [-0.39, 0.29) is 6.04 Å². The van der Waals surface area contributed by atoms with E-state index in [1.54, 1.807) is 0 Å². The molecule has 1 unspecified atom stereocenters. The molecular weight excluding hydrogens is 210 g/mol. The van der Waals surface area contributed by atoms with Crippen LogP contribution in [0.4, 0.5) is 0 Å². The van der Waals surface area contributed by atoms with E-state index in [1.165, 1.54) is 12.7 Å². The highest BCUT2D eigenvalue weighted by atomic mass is 32.2. The molecule has 0 radical (unpaired) electrons. The molecular formula is C11H29NO2S. The minimum Gasteiger partial charge on any atom is -0.213 e. The average Bonchev–Trinajstić information content (AvgIpc) is 2.06. The molecule has 0 saturated carbocycles. The summed E-state index contributed by atoms with van der Waals surface area (Å²) in [6.45, 7) is 12.1. The molecule has 0 aromatic rings. The molecule has 0 rings (SSSR count). The van der Waals surface area contributed by atoms with Gasteiger partial charge in [-0.3, -0.25) is 0 Å². The first-order valence-corrected chi connectivity index (χ1v) is 7.73. The lowest BCUT2D eigenvalue weighted by atomic mass is 10.2. The Labute approximate surface area is 96.7 Å². The summed E-state index contributed by atoms with van der Waals surface area (Å²) in [7, 11) is -3.00. The fourth-order valence-electron chi connectivity index (χ4n) is 0.857. The summed E-state index contributed by atoms with van der Waals surface area (Å²) in [4.78, 5) is 0. The Hall–Kier alpha value is -0.0900. The van der Waals surface area contributed by atoms with E-state index in [9.17, 15) is 8.42 Å². The van der Waals surface area contributed by atoms with Gasteiger partial charge in [0.2, 0.25) is 10.0 Å². The topological polar surface area (TPSA) is 46.2 Å². The molecule has 0 heterocycles. The molecule has 0 aromatic heterocycles. The number of nitrogens with one attached hydrogen (secondary N) is 1. The molecule has 0 saturated heterocycles. The summed E-state index contributed by atoms with van der Waals surface area (Å²) in [5.41, 5.74) is 0. The Morgan fingerprint density at radius 2 is 1.47 bits per heavy atom. The fourth-order valence-corrected chi connectivity index (χ4v) is 1.71. The van der Waals surface area contributed by atoms with Crippen molar-refractivity contribution in [3.8, 4) is 0 Å². The molecule has 0 aliphatic rings. The monoisotopic (exact) mass is 239 g/mol. The number of hydrogen-bond donors (Lipinski definition) is 1. The van der Waals surface area contributed by atoms with Gasteiger partial charge in [-0.05, 0) is 13.3 Å². The molecule has 3 nitrogen and oxygen atoms in total. The largest absolute Gasteiger partial charge is 0.213 e. The molecule has 0 aliphatic carbocycles. The minimum absolute atomic E-state index is 0.0694. The summed E-state index contributed by atoms with van der Waals surface area (Å²) in [5.74, 6) is 0. The molecule has 4 heteroatoms. The maximum absolute atomic E-state index is 10.6. The highest BCUT2D eigenvalue weighted by Gasteiger charge is 2.05. The first kappa shape index (κ1) is 20.3. The van der Waals surface area contributed by atoms with E-state index in [4.69, 9.17) is 0 Å². The van der Waals surface area contributed by atoms with E-state index >= 15 is 0 Å². The van der Waals surface area contributed by atoms with E-state index < -0.39 is 10.0 Å². The van der Waals surface area contributed by atoms with Crippen LogP contribution in [0.25, 0.3) is 0 Å². The van der Waals surface area contributed by atoms with Gasteiger partial charge in [0.1, 0.15) is 0 Å². The molecule has 0 aliphatic heterocycles. The normalized spacial score (nSPS) is 11.7. The van der Waals surface area contributed by atoms with Crippen molar-refractivity contribution in [3.63, 3.8) is 0 Å². The predicted octanol–water partition coefficient (Wildman–Crippen LogP) is 3.17. The lowest BCUT2D eigenvalue weighted by Crippen LogP contribution is -2.31. The van der Waals surface area contributed by atoms with Crippen molar-refractivity contribution in [1.29, 1.82) is 0 Å². The minimum atomic E-state index is -3.00. The zero-order valence-electron chi connectivity index (χ0n) is 11.4. The lowest BCUT2D eigenvalue weighted by molar-refractivity contribution is 0.549. The maximum atomic E-state index is 10.6. The van der Waals surface area contributed by atoms with Crippen LogP contribution in [0.3, 0.4) is 0 Å². The Bertz CT molecular complexity index is 189. The summed E-state index contributed by atoms with van der Waals surface area (Å²) < 4.78 is 23.7. The highest BCUT2D eigenvalue weighted by molar-refractivity contribution is 7.88. The van der Waals surface area contributed by atoms with Crippen LogP contribution in [0.1, 0.15) is 60.8 Å². The second-order valence-corrected chi connectivity index (χ2v) is 5.07. The van der Waals surface area contributed by atoms with E-state index in [1.807, 2.05) is 27.7 Å². The van der Waals surface area contributed by atoms with Gasteiger partial charge >= 0.3 is 0 Å². The standard InChI is InChI=1S/C6H15NO2S.C3H8.C2H6/c1-4-5-6(2)7-10(3,8)9;1-3-2;1-2/h6-7H,4-5H2,1-3H3;3H2,1-2H3;1-2H3. The second-order valence-electron chi connectivity index (χ2n) is 3.29. The predicted molar refractivity (Wildman–Crippen MR) is 69.7 cm³/mol. The van der Waals surface area contributed by atoms with Crippen LogP contribution in [0.5, 0.6) is 0 Å². The number of rotatable bonds is 4. The van der Waals surface area contributed by atoms with Crippen LogP contribution in [-0.2, 0) is 10.0 Å². The molecule has 0 bridgehead atoms. The van der Waals surface area contributed by atoms with Crippen LogP contribution < -0.4 is 4.72 Å². The molecule has 1 N–H and O–H groups in total. The van der Waals surface area contributed by atoms with Crippen LogP contribution in [0.2, 0.25) is 0 Å². The summed E-state index contributed by atoms with van der Waals surface area (Å²) in [5, 5.41) is 0. The van der Waals surface area contributed by atoms with Crippen molar-refractivity contribution in [2.24, 2.45) is 0 Å². The molecule has 0 aromatic carbocycles. The van der Waals surface area contributed by atoms with Crippen LogP contribution >= 0.6 is 0 Å². The van der Waals surface area contributed by atoms with Crippen LogP contribution in [-0.4, -0.2) is 20.7 Å². The Balaban J connectivity index is -0.000000245. The van der Waals surface area contributed by atoms with Crippen molar-refractivity contribution in [2.45, 2.75) is 66.8 Å². The quantitative estimate of drug-likeness (QED) is 0.819. The molecule has 0 spiro atoms. The zero-order chi connectivity index (χ0) is 12.9. The van der Waals surface area contributed by atoms with Crippen molar-refractivity contribution in [2.75, 3.05) is 6.26 Å². The Morgan fingerprint density at radius 3 is 1.67 bits per heavy atom. The molecule has 1 atom stereocenters. The van der Waals surface area contributed by atoms with Crippen molar-refractivity contribution < 1.29 is 8.42 Å². The third kappa shape index (κ3) is 31.5. The van der Waals surface area contributed by atoms with Crippen molar-refractivity contribution >= 4 is 10.0 Å². The van der Waals surface area contributed by atoms with Gasteiger partial charge in [0.15, 0.2) is 0 Å². The third-order valence-corrected chi connectivity index (χ3v) is 1.97. The zero-order valence-corrected chi connectivity index (χ0v) is 12.2. The molecule has 0 amide bonds.